The lowest BCUT2D eigenvalue weighted by Gasteiger charge is -2.27. The van der Waals surface area contributed by atoms with E-state index in [4.69, 9.17) is 5.73 Å². The van der Waals surface area contributed by atoms with E-state index in [1.165, 1.54) is 12.1 Å². The van der Waals surface area contributed by atoms with Crippen molar-refractivity contribution in [2.45, 2.75) is 31.1 Å². The highest BCUT2D eigenvalue weighted by Crippen LogP contribution is 2.42. The fourth-order valence-corrected chi connectivity index (χ4v) is 2.67. The van der Waals surface area contributed by atoms with Crippen LogP contribution in [0.3, 0.4) is 0 Å². The number of benzene rings is 1. The van der Waals surface area contributed by atoms with E-state index in [0.29, 0.717) is 6.54 Å². The van der Waals surface area contributed by atoms with Gasteiger partial charge in [0.2, 0.25) is 0 Å². The fourth-order valence-electron chi connectivity index (χ4n) is 2.67. The van der Waals surface area contributed by atoms with Crippen molar-refractivity contribution in [2.24, 2.45) is 5.73 Å². The summed E-state index contributed by atoms with van der Waals surface area (Å²) in [6, 6.07) is 4.58. The minimum absolute atomic E-state index is 0.105. The summed E-state index contributed by atoms with van der Waals surface area (Å²) in [6.45, 7) is 0.518. The molecule has 3 N–H and O–H groups in total. The standard InChI is InChI=1S/C12H16N2O3/c13-8-12(5-1-2-6-12)9-3-4-10(14(16)17)11(15)7-9/h3-4,7,15H,1-2,5-6,8,13H2. The first-order chi connectivity index (χ1) is 8.09. The van der Waals surface area contributed by atoms with Gasteiger partial charge < -0.3 is 10.8 Å². The van der Waals surface area contributed by atoms with Crippen molar-refractivity contribution in [1.29, 1.82) is 0 Å². The van der Waals surface area contributed by atoms with Gasteiger partial charge in [0.25, 0.3) is 0 Å². The normalized spacial score (nSPS) is 18.2. The maximum atomic E-state index is 10.6. The Kier molecular flexibility index (Phi) is 3.02. The van der Waals surface area contributed by atoms with Crippen LogP contribution >= 0.6 is 0 Å². The summed E-state index contributed by atoms with van der Waals surface area (Å²) in [5.41, 5.74) is 6.39. The largest absolute Gasteiger partial charge is 0.502 e. The maximum absolute atomic E-state index is 10.6. The lowest BCUT2D eigenvalue weighted by atomic mass is 9.79. The monoisotopic (exact) mass is 236 g/mol. The number of phenols is 1. The number of hydrogen-bond acceptors (Lipinski definition) is 4. The molecule has 0 heterocycles. The van der Waals surface area contributed by atoms with Crippen molar-refractivity contribution in [2.75, 3.05) is 6.54 Å². The molecule has 0 aromatic heterocycles. The van der Waals surface area contributed by atoms with Crippen molar-refractivity contribution in [3.05, 3.63) is 33.9 Å². The summed E-state index contributed by atoms with van der Waals surface area (Å²) in [7, 11) is 0. The van der Waals surface area contributed by atoms with Crippen molar-refractivity contribution in [3.63, 3.8) is 0 Å². The Balaban J connectivity index is 2.40. The minimum Gasteiger partial charge on any atom is -0.502 e. The molecule has 1 aliphatic carbocycles. The molecule has 1 aliphatic rings. The van der Waals surface area contributed by atoms with Gasteiger partial charge in [-0.2, -0.15) is 0 Å². The van der Waals surface area contributed by atoms with E-state index in [2.05, 4.69) is 0 Å². The number of nitro benzene ring substituents is 1. The molecular formula is C12H16N2O3. The van der Waals surface area contributed by atoms with Gasteiger partial charge in [0.1, 0.15) is 0 Å². The van der Waals surface area contributed by atoms with Crippen molar-refractivity contribution in [1.82, 2.24) is 0 Å². The highest BCUT2D eigenvalue weighted by molar-refractivity contribution is 5.49. The first kappa shape index (κ1) is 11.9. The third-order valence-electron chi connectivity index (χ3n) is 3.74. The predicted octanol–water partition coefficient (Wildman–Crippen LogP) is 2.07. The number of nitrogens with zero attached hydrogens (tertiary/aromatic N) is 1. The summed E-state index contributed by atoms with van der Waals surface area (Å²) >= 11 is 0. The van der Waals surface area contributed by atoms with Gasteiger partial charge in [0.05, 0.1) is 4.92 Å². The van der Waals surface area contributed by atoms with Gasteiger partial charge in [-0.15, -0.1) is 0 Å². The molecule has 2 rings (SSSR count). The van der Waals surface area contributed by atoms with Crippen LogP contribution in [0.15, 0.2) is 18.2 Å². The van der Waals surface area contributed by atoms with Crippen LogP contribution in [-0.2, 0) is 5.41 Å². The van der Waals surface area contributed by atoms with Gasteiger partial charge in [-0.25, -0.2) is 0 Å². The molecule has 0 bridgehead atoms. The molecule has 1 fully saturated rings. The molecule has 0 aliphatic heterocycles. The van der Waals surface area contributed by atoms with Crippen LogP contribution < -0.4 is 5.73 Å². The first-order valence-corrected chi connectivity index (χ1v) is 5.77. The Morgan fingerprint density at radius 3 is 2.53 bits per heavy atom. The molecule has 0 spiro atoms. The molecule has 0 radical (unpaired) electrons. The van der Waals surface area contributed by atoms with Gasteiger partial charge in [-0.05, 0) is 24.5 Å². The molecule has 0 atom stereocenters. The second kappa shape index (κ2) is 4.33. The van der Waals surface area contributed by atoms with Crippen LogP contribution in [0.5, 0.6) is 5.75 Å². The number of aromatic hydroxyl groups is 1. The Labute approximate surface area is 99.4 Å². The number of nitrogens with two attached hydrogens (primary N) is 1. The van der Waals surface area contributed by atoms with Crippen LogP contribution in [0.2, 0.25) is 0 Å². The predicted molar refractivity (Wildman–Crippen MR) is 64.0 cm³/mol. The van der Waals surface area contributed by atoms with Crippen molar-refractivity contribution >= 4 is 5.69 Å². The van der Waals surface area contributed by atoms with Crippen molar-refractivity contribution < 1.29 is 10.0 Å². The Bertz CT molecular complexity index is 439. The minimum atomic E-state index is -0.580. The fraction of sp³-hybridized carbons (Fsp3) is 0.500. The van der Waals surface area contributed by atoms with E-state index in [0.717, 1.165) is 31.2 Å². The molecule has 0 unspecified atom stereocenters. The molecule has 0 saturated heterocycles. The number of rotatable bonds is 3. The highest BCUT2D eigenvalue weighted by Gasteiger charge is 2.35. The van der Waals surface area contributed by atoms with E-state index in [1.807, 2.05) is 0 Å². The van der Waals surface area contributed by atoms with Gasteiger partial charge >= 0.3 is 5.69 Å². The molecular weight excluding hydrogens is 220 g/mol. The Hall–Kier alpha value is -1.62. The number of phenolic OH excluding ortho intramolecular Hbond substituents is 1. The quantitative estimate of drug-likeness (QED) is 0.621. The topological polar surface area (TPSA) is 89.4 Å². The van der Waals surface area contributed by atoms with Crippen LogP contribution in [0, 0.1) is 10.1 Å². The lowest BCUT2D eigenvalue weighted by molar-refractivity contribution is -0.385. The Morgan fingerprint density at radius 2 is 2.06 bits per heavy atom. The average molecular weight is 236 g/mol. The van der Waals surface area contributed by atoms with Gasteiger partial charge in [-0.3, -0.25) is 10.1 Å². The zero-order valence-electron chi connectivity index (χ0n) is 9.56. The van der Waals surface area contributed by atoms with E-state index in [-0.39, 0.29) is 16.9 Å². The zero-order chi connectivity index (χ0) is 12.5. The zero-order valence-corrected chi connectivity index (χ0v) is 9.56. The summed E-state index contributed by atoms with van der Waals surface area (Å²) in [6.07, 6.45) is 4.21. The van der Waals surface area contributed by atoms with E-state index < -0.39 is 4.92 Å². The second-order valence-electron chi connectivity index (χ2n) is 4.65. The SMILES string of the molecule is NCC1(c2ccc([N+](=O)[O-])c(O)c2)CCCC1. The highest BCUT2D eigenvalue weighted by atomic mass is 16.6. The molecule has 5 heteroatoms. The summed E-state index contributed by atoms with van der Waals surface area (Å²) in [4.78, 5) is 10.0. The smallest absolute Gasteiger partial charge is 0.310 e. The number of nitro groups is 1. The van der Waals surface area contributed by atoms with Crippen LogP contribution in [0.25, 0.3) is 0 Å². The van der Waals surface area contributed by atoms with Gasteiger partial charge in [0.15, 0.2) is 5.75 Å². The van der Waals surface area contributed by atoms with Crippen LogP contribution in [0.4, 0.5) is 5.69 Å². The third-order valence-corrected chi connectivity index (χ3v) is 3.74. The molecule has 5 nitrogen and oxygen atoms in total. The summed E-state index contributed by atoms with van der Waals surface area (Å²) in [5, 5.41) is 20.3. The molecule has 1 aromatic carbocycles. The summed E-state index contributed by atoms with van der Waals surface area (Å²) < 4.78 is 0. The molecule has 92 valence electrons. The van der Waals surface area contributed by atoms with E-state index >= 15 is 0 Å². The van der Waals surface area contributed by atoms with Gasteiger partial charge in [-0.1, -0.05) is 18.9 Å². The lowest BCUT2D eigenvalue weighted by Crippen LogP contribution is -2.31. The van der Waals surface area contributed by atoms with Crippen molar-refractivity contribution in [3.8, 4) is 5.75 Å². The average Bonchev–Trinajstić information content (AvgIpc) is 2.78. The number of hydrogen-bond donors (Lipinski definition) is 2. The maximum Gasteiger partial charge on any atom is 0.310 e. The Morgan fingerprint density at radius 1 is 1.41 bits per heavy atom. The van der Waals surface area contributed by atoms with Crippen LogP contribution in [-0.4, -0.2) is 16.6 Å². The molecule has 1 saturated carbocycles. The molecule has 0 amide bonds. The molecule has 1 aromatic rings. The van der Waals surface area contributed by atoms with E-state index in [1.54, 1.807) is 6.07 Å². The second-order valence-corrected chi connectivity index (χ2v) is 4.65. The van der Waals surface area contributed by atoms with Crippen LogP contribution in [0.1, 0.15) is 31.2 Å². The third kappa shape index (κ3) is 1.98. The first-order valence-electron chi connectivity index (χ1n) is 5.77. The molecule has 17 heavy (non-hydrogen) atoms. The summed E-state index contributed by atoms with van der Waals surface area (Å²) in [5.74, 6) is -0.271. The van der Waals surface area contributed by atoms with E-state index in [9.17, 15) is 15.2 Å². The van der Waals surface area contributed by atoms with Gasteiger partial charge in [0, 0.05) is 18.0 Å².